The number of alkyl halides is 4. The van der Waals surface area contributed by atoms with E-state index < -0.39 is 11.8 Å². The van der Waals surface area contributed by atoms with Gasteiger partial charge >= 0.3 is 0 Å². The molecule has 0 unspecified atom stereocenters. The molecule has 2 heterocycles. The second-order valence-corrected chi connectivity index (χ2v) is 8.24. The Morgan fingerprint density at radius 1 is 0.833 bits per heavy atom. The summed E-state index contributed by atoms with van der Waals surface area (Å²) in [4.78, 5) is 13.3. The largest absolute Gasteiger partial charge is 0.351 e. The summed E-state index contributed by atoms with van der Waals surface area (Å²) in [6, 6.07) is -0.321. The summed E-state index contributed by atoms with van der Waals surface area (Å²) in [5, 5.41) is 13.1. The smallest absolute Gasteiger partial charge is 0.248 e. The molecule has 7 nitrogen and oxygen atoms in total. The number of hydrogen-bond acceptors (Lipinski definition) is 6. The molecule has 0 atom stereocenters. The minimum Gasteiger partial charge on any atom is -0.351 e. The Bertz CT molecular complexity index is 817. The Hall–Kier alpha value is -2.46. The highest BCUT2D eigenvalue weighted by molar-refractivity contribution is 5.59. The van der Waals surface area contributed by atoms with Crippen LogP contribution in [0.5, 0.6) is 0 Å². The number of hydrogen-bond donors (Lipinski definition) is 3. The Kier molecular flexibility index (Phi) is 5.54. The van der Waals surface area contributed by atoms with E-state index in [0.29, 0.717) is 42.8 Å². The van der Waals surface area contributed by atoms with Crippen molar-refractivity contribution in [2.24, 2.45) is 0 Å². The van der Waals surface area contributed by atoms with Crippen LogP contribution in [0.25, 0.3) is 11.4 Å². The second-order valence-electron chi connectivity index (χ2n) is 8.24. The fourth-order valence-electron chi connectivity index (χ4n) is 3.94. The first-order valence-electron chi connectivity index (χ1n) is 10.2. The van der Waals surface area contributed by atoms with Gasteiger partial charge in [0.05, 0.1) is 11.3 Å². The third-order valence-electron chi connectivity index (χ3n) is 5.81. The number of aryl methyl sites for hydroxylation is 1. The highest BCUT2D eigenvalue weighted by Crippen LogP contribution is 2.35. The van der Waals surface area contributed by atoms with Crippen molar-refractivity contribution >= 4 is 11.9 Å². The number of anilines is 2. The zero-order valence-electron chi connectivity index (χ0n) is 16.7. The van der Waals surface area contributed by atoms with Crippen LogP contribution in [-0.4, -0.2) is 49.1 Å². The van der Waals surface area contributed by atoms with E-state index in [0.717, 1.165) is 0 Å². The molecular formula is C19H25F4N7. The van der Waals surface area contributed by atoms with Crippen LogP contribution < -0.4 is 10.6 Å². The minimum atomic E-state index is -2.62. The van der Waals surface area contributed by atoms with Crippen LogP contribution in [0.15, 0.2) is 6.20 Å². The van der Waals surface area contributed by atoms with Crippen LogP contribution >= 0.6 is 0 Å². The lowest BCUT2D eigenvalue weighted by Crippen LogP contribution is -2.33. The molecule has 0 radical (unpaired) electrons. The summed E-state index contributed by atoms with van der Waals surface area (Å²) >= 11 is 0. The Morgan fingerprint density at radius 2 is 1.30 bits per heavy atom. The molecule has 0 spiro atoms. The Labute approximate surface area is 171 Å². The van der Waals surface area contributed by atoms with Gasteiger partial charge in [0.2, 0.25) is 23.7 Å². The zero-order chi connectivity index (χ0) is 21.4. The van der Waals surface area contributed by atoms with E-state index in [1.54, 1.807) is 6.20 Å². The lowest BCUT2D eigenvalue weighted by Gasteiger charge is -2.30. The average Bonchev–Trinajstić information content (AvgIpc) is 3.11. The molecular weight excluding hydrogens is 402 g/mol. The number of aromatic nitrogens is 5. The first-order chi connectivity index (χ1) is 14.2. The number of H-pyrrole nitrogens is 1. The van der Waals surface area contributed by atoms with Crippen LogP contribution in [0.4, 0.5) is 29.5 Å². The molecule has 0 aromatic carbocycles. The van der Waals surface area contributed by atoms with Gasteiger partial charge in [-0.05, 0) is 32.6 Å². The van der Waals surface area contributed by atoms with Crippen molar-refractivity contribution in [2.45, 2.75) is 82.2 Å². The van der Waals surface area contributed by atoms with E-state index >= 15 is 0 Å². The van der Waals surface area contributed by atoms with Gasteiger partial charge < -0.3 is 10.6 Å². The van der Waals surface area contributed by atoms with E-state index in [1.807, 2.05) is 6.92 Å². The first kappa shape index (κ1) is 20.8. The lowest BCUT2D eigenvalue weighted by molar-refractivity contribution is -0.0366. The first-order valence-corrected chi connectivity index (χ1v) is 10.2. The standard InChI is InChI=1S/C19H25F4N7/c1-11-14(10-24-30-11)15-27-16(25-12-2-6-18(20,21)7-3-12)29-17(28-15)26-13-4-8-19(22,23)9-5-13/h10,12-13H,2-9H2,1H3,(H,24,30)(H2,25,26,27,28,29). The number of nitrogens with zero attached hydrogens (tertiary/aromatic N) is 4. The molecule has 0 bridgehead atoms. The molecule has 0 amide bonds. The van der Waals surface area contributed by atoms with Gasteiger partial charge in [0.15, 0.2) is 5.82 Å². The molecule has 2 aliphatic rings. The van der Waals surface area contributed by atoms with E-state index in [4.69, 9.17) is 0 Å². The Morgan fingerprint density at radius 3 is 1.70 bits per heavy atom. The molecule has 164 valence electrons. The molecule has 0 aliphatic heterocycles. The zero-order valence-corrected chi connectivity index (χ0v) is 16.7. The van der Waals surface area contributed by atoms with Crippen LogP contribution in [-0.2, 0) is 0 Å². The molecule has 4 rings (SSSR count). The fourth-order valence-corrected chi connectivity index (χ4v) is 3.94. The molecule has 2 fully saturated rings. The normalized spacial score (nSPS) is 22.0. The lowest BCUT2D eigenvalue weighted by atomic mass is 9.92. The molecule has 2 aliphatic carbocycles. The van der Waals surface area contributed by atoms with E-state index in [2.05, 4.69) is 35.8 Å². The monoisotopic (exact) mass is 427 g/mol. The van der Waals surface area contributed by atoms with Crippen molar-refractivity contribution in [3.8, 4) is 11.4 Å². The van der Waals surface area contributed by atoms with Crippen LogP contribution in [0, 0.1) is 6.92 Å². The van der Waals surface area contributed by atoms with Crippen molar-refractivity contribution in [3.05, 3.63) is 11.9 Å². The van der Waals surface area contributed by atoms with Gasteiger partial charge in [-0.15, -0.1) is 0 Å². The van der Waals surface area contributed by atoms with Crippen LogP contribution in [0.1, 0.15) is 57.1 Å². The average molecular weight is 427 g/mol. The molecule has 2 saturated carbocycles. The SMILES string of the molecule is Cc1n[nH]cc1-c1nc(NC2CCC(F)(F)CC2)nc(NC2CCC(F)(F)CC2)n1. The molecule has 0 saturated heterocycles. The van der Waals surface area contributed by atoms with Gasteiger partial charge in [-0.25, -0.2) is 17.6 Å². The number of rotatable bonds is 5. The van der Waals surface area contributed by atoms with Gasteiger partial charge in [-0.1, -0.05) is 0 Å². The van der Waals surface area contributed by atoms with Crippen LogP contribution in [0.2, 0.25) is 0 Å². The quantitative estimate of drug-likeness (QED) is 0.607. The summed E-state index contributed by atoms with van der Waals surface area (Å²) in [5.41, 5.74) is 1.39. The molecule has 11 heteroatoms. The Balaban J connectivity index is 1.53. The third-order valence-corrected chi connectivity index (χ3v) is 5.81. The van der Waals surface area contributed by atoms with Crippen molar-refractivity contribution in [2.75, 3.05) is 10.6 Å². The van der Waals surface area contributed by atoms with Crippen LogP contribution in [0.3, 0.4) is 0 Å². The number of aromatic amines is 1. The minimum absolute atomic E-state index is 0.161. The van der Waals surface area contributed by atoms with Gasteiger partial charge in [-0.2, -0.15) is 20.1 Å². The van der Waals surface area contributed by atoms with Gasteiger partial charge in [-0.3, -0.25) is 5.10 Å². The van der Waals surface area contributed by atoms with E-state index in [9.17, 15) is 17.6 Å². The molecule has 30 heavy (non-hydrogen) atoms. The van der Waals surface area contributed by atoms with Crippen molar-refractivity contribution in [3.63, 3.8) is 0 Å². The molecule has 2 aromatic rings. The molecule has 3 N–H and O–H groups in total. The summed E-state index contributed by atoms with van der Waals surface area (Å²) in [6.07, 6.45) is 2.24. The highest BCUT2D eigenvalue weighted by atomic mass is 19.3. The summed E-state index contributed by atoms with van der Waals surface area (Å²) in [7, 11) is 0. The van der Waals surface area contributed by atoms with Crippen molar-refractivity contribution in [1.82, 2.24) is 25.1 Å². The maximum absolute atomic E-state index is 13.4. The maximum Gasteiger partial charge on any atom is 0.248 e. The number of nitrogens with one attached hydrogen (secondary N) is 3. The van der Waals surface area contributed by atoms with Crippen molar-refractivity contribution in [1.29, 1.82) is 0 Å². The van der Waals surface area contributed by atoms with E-state index in [-0.39, 0.29) is 49.7 Å². The summed E-state index contributed by atoms with van der Waals surface area (Å²) in [6.45, 7) is 1.81. The van der Waals surface area contributed by atoms with Gasteiger partial charge in [0.25, 0.3) is 0 Å². The number of halogens is 4. The predicted molar refractivity (Wildman–Crippen MR) is 104 cm³/mol. The second kappa shape index (κ2) is 7.99. The van der Waals surface area contributed by atoms with Gasteiger partial charge in [0.1, 0.15) is 0 Å². The summed E-state index contributed by atoms with van der Waals surface area (Å²) < 4.78 is 53.8. The predicted octanol–water partition coefficient (Wildman–Crippen LogP) is 4.55. The molecule has 2 aromatic heterocycles. The summed E-state index contributed by atoms with van der Waals surface area (Å²) in [5.74, 6) is -4.31. The third kappa shape index (κ3) is 4.99. The highest BCUT2D eigenvalue weighted by Gasteiger charge is 2.36. The fraction of sp³-hybridized carbons (Fsp3) is 0.684. The van der Waals surface area contributed by atoms with Gasteiger partial charge in [0, 0.05) is 44.0 Å². The topological polar surface area (TPSA) is 91.4 Å². The maximum atomic E-state index is 13.4. The van der Waals surface area contributed by atoms with Crippen molar-refractivity contribution < 1.29 is 17.6 Å². The van der Waals surface area contributed by atoms with E-state index in [1.165, 1.54) is 0 Å².